The van der Waals surface area contributed by atoms with E-state index in [-0.39, 0.29) is 5.91 Å². The van der Waals surface area contributed by atoms with Crippen LogP contribution in [-0.2, 0) is 13.6 Å². The first-order chi connectivity index (χ1) is 13.6. The van der Waals surface area contributed by atoms with Crippen LogP contribution in [0.25, 0.3) is 10.9 Å². The third kappa shape index (κ3) is 2.74. The van der Waals surface area contributed by atoms with Crippen LogP contribution in [0.3, 0.4) is 0 Å². The molecule has 7 heteroatoms. The molecule has 4 heterocycles. The number of hydrogen-bond donors (Lipinski definition) is 1. The number of amides is 1. The molecule has 1 aromatic carbocycles. The van der Waals surface area contributed by atoms with Crippen molar-refractivity contribution in [3.63, 3.8) is 0 Å². The van der Waals surface area contributed by atoms with Gasteiger partial charge in [-0.05, 0) is 36.6 Å². The summed E-state index contributed by atoms with van der Waals surface area (Å²) < 4.78 is 1.77. The van der Waals surface area contributed by atoms with Gasteiger partial charge in [-0.2, -0.15) is 5.10 Å². The molecular formula is C21H22N6O. The fraction of sp³-hybridized carbons (Fsp3) is 0.333. The third-order valence-corrected chi connectivity index (χ3v) is 5.55. The van der Waals surface area contributed by atoms with Crippen LogP contribution in [0.1, 0.15) is 35.1 Å². The highest BCUT2D eigenvalue weighted by Crippen LogP contribution is 2.26. The van der Waals surface area contributed by atoms with Gasteiger partial charge in [0.2, 0.25) is 0 Å². The Kier molecular flexibility index (Phi) is 3.89. The average molecular weight is 374 g/mol. The van der Waals surface area contributed by atoms with Gasteiger partial charge in [0, 0.05) is 43.0 Å². The van der Waals surface area contributed by atoms with E-state index in [1.165, 1.54) is 0 Å². The van der Waals surface area contributed by atoms with Crippen molar-refractivity contribution in [2.75, 3.05) is 18.4 Å². The standard InChI is InChI=1S/C21H22N6O/c1-13-7-9-27(12-13)21(28)19-16-6-5-15(10-17(16)26(2)25-19)24-20-18-14(11-23-20)4-3-8-22-18/h3-6,8,10,13H,7,9,11-12H2,1-2H3,(H,23,24)/t13-/m0/s1. The number of rotatable bonds is 2. The molecule has 0 bridgehead atoms. The first-order valence-electron chi connectivity index (χ1n) is 9.62. The minimum Gasteiger partial charge on any atom is -0.339 e. The summed E-state index contributed by atoms with van der Waals surface area (Å²) in [6.07, 6.45) is 2.84. The maximum atomic E-state index is 12.9. The zero-order chi connectivity index (χ0) is 19.3. The predicted octanol–water partition coefficient (Wildman–Crippen LogP) is 2.82. The Bertz CT molecular complexity index is 1120. The van der Waals surface area contributed by atoms with Crippen molar-refractivity contribution in [1.82, 2.24) is 19.7 Å². The number of hydrogen-bond acceptors (Lipinski definition) is 5. The van der Waals surface area contributed by atoms with Crippen LogP contribution in [0.15, 0.2) is 41.5 Å². The van der Waals surface area contributed by atoms with Gasteiger partial charge in [-0.15, -0.1) is 0 Å². The van der Waals surface area contributed by atoms with Crippen LogP contribution in [0, 0.1) is 5.92 Å². The minimum absolute atomic E-state index is 0.0222. The van der Waals surface area contributed by atoms with E-state index >= 15 is 0 Å². The Labute approximate surface area is 163 Å². The second-order valence-corrected chi connectivity index (χ2v) is 7.65. The zero-order valence-corrected chi connectivity index (χ0v) is 16.0. The van der Waals surface area contributed by atoms with E-state index in [4.69, 9.17) is 0 Å². The summed E-state index contributed by atoms with van der Waals surface area (Å²) in [5.74, 6) is 1.35. The molecule has 0 saturated carbocycles. The van der Waals surface area contributed by atoms with Gasteiger partial charge in [0.1, 0.15) is 5.69 Å². The van der Waals surface area contributed by atoms with Crippen molar-refractivity contribution in [1.29, 1.82) is 0 Å². The van der Waals surface area contributed by atoms with Crippen LogP contribution in [0.4, 0.5) is 5.69 Å². The van der Waals surface area contributed by atoms with Gasteiger partial charge in [0.25, 0.3) is 5.91 Å². The molecule has 2 aliphatic heterocycles. The smallest absolute Gasteiger partial charge is 0.275 e. The van der Waals surface area contributed by atoms with E-state index in [2.05, 4.69) is 27.3 Å². The lowest BCUT2D eigenvalue weighted by Gasteiger charge is -2.14. The van der Waals surface area contributed by atoms with Gasteiger partial charge in [-0.3, -0.25) is 19.5 Å². The Morgan fingerprint density at radius 3 is 3.00 bits per heavy atom. The minimum atomic E-state index is 0.0222. The van der Waals surface area contributed by atoms with Crippen molar-refractivity contribution < 1.29 is 4.79 Å². The number of aryl methyl sites for hydroxylation is 1. The first kappa shape index (κ1) is 16.9. The fourth-order valence-corrected chi connectivity index (χ4v) is 4.02. The molecule has 5 rings (SSSR count). The number of nitrogens with one attached hydrogen (secondary N) is 1. The van der Waals surface area contributed by atoms with Gasteiger partial charge in [-0.25, -0.2) is 0 Å². The quantitative estimate of drug-likeness (QED) is 0.748. The number of anilines is 1. The summed E-state index contributed by atoms with van der Waals surface area (Å²) in [5.41, 5.74) is 4.37. The Balaban J connectivity index is 1.45. The number of aromatic nitrogens is 3. The molecule has 0 aliphatic carbocycles. The molecule has 7 nitrogen and oxygen atoms in total. The number of likely N-dealkylation sites (tertiary alicyclic amines) is 1. The molecule has 2 aromatic heterocycles. The highest BCUT2D eigenvalue weighted by molar-refractivity contribution is 6.11. The molecule has 142 valence electrons. The van der Waals surface area contributed by atoms with Crippen molar-refractivity contribution in [3.8, 4) is 0 Å². The Morgan fingerprint density at radius 1 is 1.29 bits per heavy atom. The maximum Gasteiger partial charge on any atom is 0.275 e. The summed E-state index contributed by atoms with van der Waals surface area (Å²) in [4.78, 5) is 23.8. The van der Waals surface area contributed by atoms with Crippen LogP contribution in [-0.4, -0.2) is 44.5 Å². The normalized spacial score (nSPS) is 18.4. The molecule has 0 unspecified atom stereocenters. The largest absolute Gasteiger partial charge is 0.339 e. The molecule has 0 radical (unpaired) electrons. The SMILES string of the molecule is C[C@H]1CCN(C(=O)c2nn(C)c3cc(NC4=NCc5cccnc54)ccc23)C1. The summed E-state index contributed by atoms with van der Waals surface area (Å²) in [6.45, 7) is 4.44. The molecule has 1 atom stereocenters. The van der Waals surface area contributed by atoms with E-state index in [0.717, 1.165) is 53.2 Å². The number of nitrogens with zero attached hydrogens (tertiary/aromatic N) is 5. The molecule has 28 heavy (non-hydrogen) atoms. The number of pyridine rings is 1. The fourth-order valence-electron chi connectivity index (χ4n) is 4.02. The van der Waals surface area contributed by atoms with E-state index in [0.29, 0.717) is 18.2 Å². The van der Waals surface area contributed by atoms with Crippen LogP contribution >= 0.6 is 0 Å². The topological polar surface area (TPSA) is 75.4 Å². The maximum absolute atomic E-state index is 12.9. The van der Waals surface area contributed by atoms with Crippen molar-refractivity contribution in [3.05, 3.63) is 53.5 Å². The van der Waals surface area contributed by atoms with E-state index < -0.39 is 0 Å². The predicted molar refractivity (Wildman–Crippen MR) is 108 cm³/mol. The number of carbonyl (C=O) groups excluding carboxylic acids is 1. The van der Waals surface area contributed by atoms with E-state index in [9.17, 15) is 4.79 Å². The highest BCUT2D eigenvalue weighted by atomic mass is 16.2. The van der Waals surface area contributed by atoms with Gasteiger partial charge in [-0.1, -0.05) is 13.0 Å². The number of carbonyl (C=O) groups is 1. The Morgan fingerprint density at radius 2 is 2.18 bits per heavy atom. The summed E-state index contributed by atoms with van der Waals surface area (Å²) in [7, 11) is 1.87. The molecule has 3 aromatic rings. The third-order valence-electron chi connectivity index (χ3n) is 5.55. The highest BCUT2D eigenvalue weighted by Gasteiger charge is 2.27. The van der Waals surface area contributed by atoms with Gasteiger partial charge >= 0.3 is 0 Å². The van der Waals surface area contributed by atoms with E-state index in [1.54, 1.807) is 10.9 Å². The van der Waals surface area contributed by atoms with Crippen LogP contribution < -0.4 is 5.32 Å². The van der Waals surface area contributed by atoms with Gasteiger partial charge in [0.15, 0.2) is 11.5 Å². The zero-order valence-electron chi connectivity index (χ0n) is 16.0. The second kappa shape index (κ2) is 6.44. The molecule has 1 N–H and O–H groups in total. The molecule has 1 fully saturated rings. The average Bonchev–Trinajstić information content (AvgIpc) is 3.40. The van der Waals surface area contributed by atoms with Gasteiger partial charge in [0.05, 0.1) is 12.1 Å². The molecular weight excluding hydrogens is 352 g/mol. The molecule has 2 aliphatic rings. The second-order valence-electron chi connectivity index (χ2n) is 7.65. The summed E-state index contributed by atoms with van der Waals surface area (Å²) >= 11 is 0. The van der Waals surface area contributed by atoms with Crippen molar-refractivity contribution in [2.45, 2.75) is 19.9 Å². The first-order valence-corrected chi connectivity index (χ1v) is 9.62. The van der Waals surface area contributed by atoms with Crippen molar-refractivity contribution in [2.24, 2.45) is 18.0 Å². The van der Waals surface area contributed by atoms with Crippen LogP contribution in [0.2, 0.25) is 0 Å². The molecule has 0 spiro atoms. The monoisotopic (exact) mass is 374 g/mol. The van der Waals surface area contributed by atoms with Crippen LogP contribution in [0.5, 0.6) is 0 Å². The number of benzene rings is 1. The lowest BCUT2D eigenvalue weighted by molar-refractivity contribution is 0.0783. The summed E-state index contributed by atoms with van der Waals surface area (Å²) in [6, 6.07) is 9.92. The lowest BCUT2D eigenvalue weighted by Crippen LogP contribution is -2.29. The van der Waals surface area contributed by atoms with Crippen molar-refractivity contribution >= 4 is 28.3 Å². The number of fused-ring (bicyclic) bond motifs is 2. The van der Waals surface area contributed by atoms with Gasteiger partial charge < -0.3 is 10.2 Å². The van der Waals surface area contributed by atoms with E-state index in [1.807, 2.05) is 42.3 Å². The Hall–Kier alpha value is -3.22. The number of amidine groups is 1. The lowest BCUT2D eigenvalue weighted by atomic mass is 10.1. The molecule has 1 amide bonds. The summed E-state index contributed by atoms with van der Waals surface area (Å²) in [5, 5.41) is 8.77. The molecule has 1 saturated heterocycles. The number of aliphatic imine (C=N–C) groups is 1.